The van der Waals surface area contributed by atoms with E-state index in [2.05, 4.69) is 20.8 Å². The Morgan fingerprint density at radius 3 is 2.25 bits per heavy atom. The Balaban J connectivity index is 2.65. The number of carbonyl (C=O) groups excluding carboxylic acids is 1. The molecule has 0 aromatic heterocycles. The molecule has 0 aromatic rings. The molecule has 1 unspecified atom stereocenters. The first kappa shape index (κ1) is 13.5. The molecule has 3 nitrogen and oxygen atoms in total. The highest BCUT2D eigenvalue weighted by atomic mass is 16.5. The first-order valence-electron chi connectivity index (χ1n) is 6.23. The van der Waals surface area contributed by atoms with Gasteiger partial charge in [-0.05, 0) is 30.1 Å². The minimum Gasteiger partial charge on any atom is -0.468 e. The standard InChI is InChI=1S/C13H25NO2/c1-9-5-7-10(8-6-9)13(2,3)11(14)12(15)16-4/h9-11H,5-8,14H2,1-4H3. The molecule has 0 heterocycles. The Morgan fingerprint density at radius 2 is 1.81 bits per heavy atom. The van der Waals surface area contributed by atoms with Crippen molar-refractivity contribution in [2.24, 2.45) is 23.0 Å². The second kappa shape index (κ2) is 5.17. The highest BCUT2D eigenvalue weighted by molar-refractivity contribution is 5.76. The summed E-state index contributed by atoms with van der Waals surface area (Å²) in [5.74, 6) is 1.07. The molecule has 16 heavy (non-hydrogen) atoms. The van der Waals surface area contributed by atoms with Crippen LogP contribution in [0.25, 0.3) is 0 Å². The largest absolute Gasteiger partial charge is 0.468 e. The van der Waals surface area contributed by atoms with E-state index in [1.165, 1.54) is 32.8 Å². The number of hydrogen-bond donors (Lipinski definition) is 1. The third kappa shape index (κ3) is 2.76. The smallest absolute Gasteiger partial charge is 0.323 e. The van der Waals surface area contributed by atoms with Crippen LogP contribution in [0.4, 0.5) is 0 Å². The van der Waals surface area contributed by atoms with Crippen LogP contribution in [0.1, 0.15) is 46.5 Å². The molecular weight excluding hydrogens is 202 g/mol. The van der Waals surface area contributed by atoms with Crippen molar-refractivity contribution in [3.63, 3.8) is 0 Å². The van der Waals surface area contributed by atoms with Crippen LogP contribution < -0.4 is 5.73 Å². The van der Waals surface area contributed by atoms with Crippen molar-refractivity contribution < 1.29 is 9.53 Å². The minimum atomic E-state index is -0.504. The molecule has 0 aromatic carbocycles. The Kier molecular flexibility index (Phi) is 4.36. The average Bonchev–Trinajstić information content (AvgIpc) is 2.27. The Hall–Kier alpha value is -0.570. The molecule has 0 aliphatic heterocycles. The van der Waals surface area contributed by atoms with E-state index in [9.17, 15) is 4.79 Å². The van der Waals surface area contributed by atoms with E-state index >= 15 is 0 Å². The Labute approximate surface area is 98.7 Å². The lowest BCUT2D eigenvalue weighted by molar-refractivity contribution is -0.146. The summed E-state index contributed by atoms with van der Waals surface area (Å²) < 4.78 is 4.75. The maximum atomic E-state index is 11.5. The van der Waals surface area contributed by atoms with Crippen molar-refractivity contribution >= 4 is 5.97 Å². The fourth-order valence-electron chi connectivity index (χ4n) is 2.69. The topological polar surface area (TPSA) is 52.3 Å². The number of rotatable bonds is 3. The lowest BCUT2D eigenvalue weighted by Gasteiger charge is -2.41. The van der Waals surface area contributed by atoms with Crippen LogP contribution in [-0.2, 0) is 9.53 Å². The Bertz CT molecular complexity index is 242. The number of nitrogens with two attached hydrogens (primary N) is 1. The zero-order valence-electron chi connectivity index (χ0n) is 11.0. The van der Waals surface area contributed by atoms with Crippen molar-refractivity contribution in [1.82, 2.24) is 0 Å². The third-order valence-electron chi connectivity index (χ3n) is 4.32. The summed E-state index contributed by atoms with van der Waals surface area (Å²) in [5, 5.41) is 0. The molecule has 2 N–H and O–H groups in total. The molecule has 0 amide bonds. The molecule has 1 aliphatic carbocycles. The zero-order chi connectivity index (χ0) is 12.3. The van der Waals surface area contributed by atoms with Crippen LogP contribution in [0.15, 0.2) is 0 Å². The van der Waals surface area contributed by atoms with Crippen LogP contribution in [0.5, 0.6) is 0 Å². The van der Waals surface area contributed by atoms with Gasteiger partial charge in [0.05, 0.1) is 7.11 Å². The first-order chi connectivity index (χ1) is 7.39. The zero-order valence-corrected chi connectivity index (χ0v) is 11.0. The summed E-state index contributed by atoms with van der Waals surface area (Å²) in [6, 6.07) is -0.504. The summed E-state index contributed by atoms with van der Waals surface area (Å²) in [6.07, 6.45) is 4.86. The molecule has 0 saturated heterocycles. The molecule has 1 aliphatic rings. The molecule has 0 spiro atoms. The summed E-state index contributed by atoms with van der Waals surface area (Å²) in [7, 11) is 1.40. The monoisotopic (exact) mass is 227 g/mol. The van der Waals surface area contributed by atoms with Crippen LogP contribution in [0, 0.1) is 17.3 Å². The number of hydrogen-bond acceptors (Lipinski definition) is 3. The lowest BCUT2D eigenvalue weighted by atomic mass is 9.66. The van der Waals surface area contributed by atoms with Gasteiger partial charge in [0, 0.05) is 0 Å². The molecule has 1 saturated carbocycles. The number of methoxy groups -OCH3 is 1. The third-order valence-corrected chi connectivity index (χ3v) is 4.32. The Morgan fingerprint density at radius 1 is 1.31 bits per heavy atom. The fraction of sp³-hybridized carbons (Fsp3) is 0.923. The van der Waals surface area contributed by atoms with E-state index in [1.807, 2.05) is 0 Å². The van der Waals surface area contributed by atoms with E-state index < -0.39 is 6.04 Å². The number of ether oxygens (including phenoxy) is 1. The lowest BCUT2D eigenvalue weighted by Crippen LogP contribution is -2.49. The highest BCUT2D eigenvalue weighted by Crippen LogP contribution is 2.41. The summed E-state index contributed by atoms with van der Waals surface area (Å²) in [6.45, 7) is 6.48. The van der Waals surface area contributed by atoms with E-state index in [0.29, 0.717) is 5.92 Å². The molecule has 1 rings (SSSR count). The maximum Gasteiger partial charge on any atom is 0.323 e. The second-order valence-electron chi connectivity index (χ2n) is 5.78. The van der Waals surface area contributed by atoms with Gasteiger partial charge < -0.3 is 10.5 Å². The van der Waals surface area contributed by atoms with Gasteiger partial charge in [-0.3, -0.25) is 4.79 Å². The molecule has 1 atom stereocenters. The fourth-order valence-corrected chi connectivity index (χ4v) is 2.69. The quantitative estimate of drug-likeness (QED) is 0.753. The molecule has 0 radical (unpaired) electrons. The molecular formula is C13H25NO2. The van der Waals surface area contributed by atoms with Crippen LogP contribution >= 0.6 is 0 Å². The number of esters is 1. The van der Waals surface area contributed by atoms with E-state index in [1.54, 1.807) is 0 Å². The van der Waals surface area contributed by atoms with Gasteiger partial charge in [-0.2, -0.15) is 0 Å². The summed E-state index contributed by atoms with van der Waals surface area (Å²) >= 11 is 0. The average molecular weight is 227 g/mol. The van der Waals surface area contributed by atoms with Gasteiger partial charge in [0.15, 0.2) is 0 Å². The van der Waals surface area contributed by atoms with Crippen molar-refractivity contribution in [3.05, 3.63) is 0 Å². The van der Waals surface area contributed by atoms with E-state index in [0.717, 1.165) is 5.92 Å². The van der Waals surface area contributed by atoms with Gasteiger partial charge in [0.1, 0.15) is 6.04 Å². The molecule has 1 fully saturated rings. The van der Waals surface area contributed by atoms with Crippen LogP contribution in [0.2, 0.25) is 0 Å². The summed E-state index contributed by atoms with van der Waals surface area (Å²) in [4.78, 5) is 11.5. The van der Waals surface area contributed by atoms with Gasteiger partial charge in [-0.1, -0.05) is 33.6 Å². The van der Waals surface area contributed by atoms with Crippen molar-refractivity contribution in [2.75, 3.05) is 7.11 Å². The van der Waals surface area contributed by atoms with Crippen molar-refractivity contribution in [1.29, 1.82) is 0 Å². The SMILES string of the molecule is COC(=O)C(N)C(C)(C)C1CCC(C)CC1. The number of carbonyl (C=O) groups is 1. The van der Waals surface area contributed by atoms with E-state index in [-0.39, 0.29) is 11.4 Å². The predicted molar refractivity (Wildman–Crippen MR) is 64.9 cm³/mol. The maximum absolute atomic E-state index is 11.5. The van der Waals surface area contributed by atoms with Crippen LogP contribution in [0.3, 0.4) is 0 Å². The van der Waals surface area contributed by atoms with Gasteiger partial charge in [-0.25, -0.2) is 0 Å². The minimum absolute atomic E-state index is 0.159. The molecule has 3 heteroatoms. The van der Waals surface area contributed by atoms with Gasteiger partial charge >= 0.3 is 5.97 Å². The summed E-state index contributed by atoms with van der Waals surface area (Å²) in [5.41, 5.74) is 5.84. The predicted octanol–water partition coefficient (Wildman–Crippen LogP) is 2.34. The first-order valence-corrected chi connectivity index (χ1v) is 6.23. The normalized spacial score (nSPS) is 28.6. The van der Waals surface area contributed by atoms with Crippen molar-refractivity contribution in [3.8, 4) is 0 Å². The van der Waals surface area contributed by atoms with Gasteiger partial charge in [0.25, 0.3) is 0 Å². The van der Waals surface area contributed by atoms with Gasteiger partial charge in [0.2, 0.25) is 0 Å². The van der Waals surface area contributed by atoms with Gasteiger partial charge in [-0.15, -0.1) is 0 Å². The van der Waals surface area contributed by atoms with Crippen LogP contribution in [-0.4, -0.2) is 19.1 Å². The van der Waals surface area contributed by atoms with Crippen molar-refractivity contribution in [2.45, 2.75) is 52.5 Å². The second-order valence-corrected chi connectivity index (χ2v) is 5.78. The van der Waals surface area contributed by atoms with E-state index in [4.69, 9.17) is 10.5 Å². The highest BCUT2D eigenvalue weighted by Gasteiger charge is 2.40. The molecule has 94 valence electrons. The molecule has 0 bridgehead atoms.